The lowest BCUT2D eigenvalue weighted by atomic mass is 9.97. The SMILES string of the molecule is CCCN(CCC)C(=O)C1=Cc2ccc(/C(C(C)=N)=C(\C)N)cc2N=C(N)C1. The number of carbonyl (C=O) groups is 1. The predicted octanol–water partition coefficient (Wildman–Crippen LogP) is 3.84. The molecule has 1 aromatic rings. The number of allylic oxidation sites excluding steroid dienone is 2. The molecule has 0 fully saturated rings. The smallest absolute Gasteiger partial charge is 0.250 e. The van der Waals surface area contributed by atoms with Crippen LogP contribution in [0.5, 0.6) is 0 Å². The zero-order valence-electron chi connectivity index (χ0n) is 17.3. The summed E-state index contributed by atoms with van der Waals surface area (Å²) in [5.74, 6) is 0.428. The van der Waals surface area contributed by atoms with Crippen LogP contribution in [-0.2, 0) is 4.79 Å². The molecule has 0 aromatic heterocycles. The summed E-state index contributed by atoms with van der Waals surface area (Å²) in [5, 5.41) is 8.00. The molecule has 0 radical (unpaired) electrons. The fraction of sp³-hybridized carbons (Fsp3) is 0.409. The third-order valence-corrected chi connectivity index (χ3v) is 4.60. The lowest BCUT2D eigenvalue weighted by Gasteiger charge is -2.22. The molecule has 1 amide bonds. The van der Waals surface area contributed by atoms with E-state index in [9.17, 15) is 4.79 Å². The monoisotopic (exact) mass is 381 g/mol. The van der Waals surface area contributed by atoms with E-state index in [-0.39, 0.29) is 5.91 Å². The summed E-state index contributed by atoms with van der Waals surface area (Å²) in [4.78, 5) is 19.4. The highest BCUT2D eigenvalue weighted by Crippen LogP contribution is 2.31. The van der Waals surface area contributed by atoms with Gasteiger partial charge in [-0.1, -0.05) is 26.0 Å². The molecule has 6 nitrogen and oxygen atoms in total. The maximum atomic E-state index is 13.0. The number of amides is 1. The van der Waals surface area contributed by atoms with E-state index in [0.717, 1.165) is 37.1 Å². The van der Waals surface area contributed by atoms with Crippen LogP contribution in [0, 0.1) is 5.41 Å². The lowest BCUT2D eigenvalue weighted by Crippen LogP contribution is -2.34. The summed E-state index contributed by atoms with van der Waals surface area (Å²) in [6.45, 7) is 9.09. The number of amidine groups is 1. The first-order valence-corrected chi connectivity index (χ1v) is 9.77. The number of nitrogens with two attached hydrogens (primary N) is 2. The summed E-state index contributed by atoms with van der Waals surface area (Å²) in [7, 11) is 0. The van der Waals surface area contributed by atoms with E-state index in [4.69, 9.17) is 16.9 Å². The first-order valence-electron chi connectivity index (χ1n) is 9.77. The maximum Gasteiger partial charge on any atom is 0.250 e. The Morgan fingerprint density at radius 1 is 1.21 bits per heavy atom. The molecule has 1 aliphatic heterocycles. The molecule has 0 saturated carbocycles. The molecule has 0 spiro atoms. The summed E-state index contributed by atoms with van der Waals surface area (Å²) >= 11 is 0. The van der Waals surface area contributed by atoms with E-state index in [1.807, 2.05) is 29.2 Å². The van der Waals surface area contributed by atoms with Crippen molar-refractivity contribution in [1.29, 1.82) is 5.41 Å². The molecule has 0 bridgehead atoms. The molecular formula is C22H31N5O. The largest absolute Gasteiger partial charge is 0.402 e. The van der Waals surface area contributed by atoms with Gasteiger partial charge in [-0.2, -0.15) is 0 Å². The van der Waals surface area contributed by atoms with Crippen molar-refractivity contribution in [3.05, 3.63) is 40.6 Å². The average molecular weight is 382 g/mol. The molecule has 5 N–H and O–H groups in total. The minimum absolute atomic E-state index is 0.0208. The summed E-state index contributed by atoms with van der Waals surface area (Å²) < 4.78 is 0. The molecule has 0 saturated heterocycles. The normalized spacial score (nSPS) is 14.3. The van der Waals surface area contributed by atoms with Crippen LogP contribution in [0.15, 0.2) is 34.5 Å². The van der Waals surface area contributed by atoms with Gasteiger partial charge in [0.1, 0.15) is 5.84 Å². The quantitative estimate of drug-likeness (QED) is 0.624. The maximum absolute atomic E-state index is 13.0. The van der Waals surface area contributed by atoms with Gasteiger partial charge in [-0.3, -0.25) is 4.79 Å². The standard InChI is InChI=1S/C22H31N5O/c1-5-9-27(10-6-2)22(28)18-11-16-7-8-17(21(14(3)23)15(4)24)12-19(16)26-20(25)13-18/h7-8,11-12,23H,5-6,9-10,13,24H2,1-4H3,(H2,25,26)/b21-15+,23-14?. The Balaban J connectivity index is 2.49. The van der Waals surface area contributed by atoms with E-state index >= 15 is 0 Å². The van der Waals surface area contributed by atoms with E-state index in [1.54, 1.807) is 13.8 Å². The summed E-state index contributed by atoms with van der Waals surface area (Å²) in [5.41, 5.74) is 16.8. The Kier molecular flexibility index (Phi) is 7.15. The zero-order chi connectivity index (χ0) is 20.8. The third-order valence-electron chi connectivity index (χ3n) is 4.60. The van der Waals surface area contributed by atoms with Gasteiger partial charge in [-0.15, -0.1) is 0 Å². The molecule has 0 unspecified atom stereocenters. The highest BCUT2D eigenvalue weighted by molar-refractivity contribution is 6.22. The minimum atomic E-state index is 0.0208. The van der Waals surface area contributed by atoms with Crippen molar-refractivity contribution in [3.63, 3.8) is 0 Å². The van der Waals surface area contributed by atoms with Gasteiger partial charge >= 0.3 is 0 Å². The Bertz CT molecular complexity index is 854. The van der Waals surface area contributed by atoms with Gasteiger partial charge in [-0.25, -0.2) is 4.99 Å². The van der Waals surface area contributed by atoms with Crippen molar-refractivity contribution in [2.24, 2.45) is 16.5 Å². The number of nitrogens with zero attached hydrogens (tertiary/aromatic N) is 2. The second-order valence-electron chi connectivity index (χ2n) is 7.20. The van der Waals surface area contributed by atoms with Crippen LogP contribution in [0.1, 0.15) is 58.1 Å². The van der Waals surface area contributed by atoms with Crippen molar-refractivity contribution in [1.82, 2.24) is 4.90 Å². The molecule has 150 valence electrons. The fourth-order valence-corrected chi connectivity index (χ4v) is 3.48. The van der Waals surface area contributed by atoms with Crippen molar-refractivity contribution < 1.29 is 4.79 Å². The van der Waals surface area contributed by atoms with Crippen LogP contribution >= 0.6 is 0 Å². The van der Waals surface area contributed by atoms with Gasteiger partial charge in [0.15, 0.2) is 0 Å². The van der Waals surface area contributed by atoms with Gasteiger partial charge < -0.3 is 21.8 Å². The molecule has 28 heavy (non-hydrogen) atoms. The highest BCUT2D eigenvalue weighted by atomic mass is 16.2. The number of carbonyl (C=O) groups excluding carboxylic acids is 1. The fourth-order valence-electron chi connectivity index (χ4n) is 3.48. The first kappa shape index (κ1) is 21.4. The molecule has 1 aliphatic rings. The second kappa shape index (κ2) is 9.35. The average Bonchev–Trinajstić information content (AvgIpc) is 2.78. The van der Waals surface area contributed by atoms with E-state index in [1.165, 1.54) is 0 Å². The number of hydrogen-bond acceptors (Lipinski definition) is 5. The van der Waals surface area contributed by atoms with Crippen molar-refractivity contribution in [3.8, 4) is 0 Å². The van der Waals surface area contributed by atoms with E-state index < -0.39 is 0 Å². The molecule has 2 rings (SSSR count). The van der Waals surface area contributed by atoms with Crippen LogP contribution in [-0.4, -0.2) is 35.4 Å². The topological polar surface area (TPSA) is 109 Å². The van der Waals surface area contributed by atoms with Crippen molar-refractivity contribution in [2.75, 3.05) is 13.1 Å². The Morgan fingerprint density at radius 3 is 2.39 bits per heavy atom. The molecule has 1 aromatic carbocycles. The Labute approximate surface area is 167 Å². The van der Waals surface area contributed by atoms with Gasteiger partial charge in [0, 0.05) is 47.6 Å². The van der Waals surface area contributed by atoms with Crippen LogP contribution < -0.4 is 11.5 Å². The van der Waals surface area contributed by atoms with Crippen molar-refractivity contribution in [2.45, 2.75) is 47.0 Å². The van der Waals surface area contributed by atoms with Crippen LogP contribution in [0.4, 0.5) is 5.69 Å². The van der Waals surface area contributed by atoms with Gasteiger partial charge in [-0.05, 0) is 44.4 Å². The molecule has 1 heterocycles. The molecule has 0 atom stereocenters. The molecular weight excluding hydrogens is 350 g/mol. The number of benzene rings is 1. The number of nitrogens with one attached hydrogen (secondary N) is 1. The number of fused-ring (bicyclic) bond motifs is 1. The number of hydrogen-bond donors (Lipinski definition) is 3. The second-order valence-corrected chi connectivity index (χ2v) is 7.20. The van der Waals surface area contributed by atoms with E-state index in [0.29, 0.717) is 40.5 Å². The van der Waals surface area contributed by atoms with E-state index in [2.05, 4.69) is 18.8 Å². The summed E-state index contributed by atoms with van der Waals surface area (Å²) in [6, 6.07) is 5.70. The first-order chi connectivity index (χ1) is 13.3. The van der Waals surface area contributed by atoms with Crippen LogP contribution in [0.25, 0.3) is 11.6 Å². The Morgan fingerprint density at radius 2 is 1.86 bits per heavy atom. The van der Waals surface area contributed by atoms with Gasteiger partial charge in [0.05, 0.1) is 5.69 Å². The van der Waals surface area contributed by atoms with Gasteiger partial charge in [0.2, 0.25) is 5.91 Å². The van der Waals surface area contributed by atoms with Crippen LogP contribution in [0.3, 0.4) is 0 Å². The zero-order valence-corrected chi connectivity index (χ0v) is 17.3. The lowest BCUT2D eigenvalue weighted by molar-refractivity contribution is -0.127. The highest BCUT2D eigenvalue weighted by Gasteiger charge is 2.21. The van der Waals surface area contributed by atoms with Gasteiger partial charge in [0.25, 0.3) is 0 Å². The predicted molar refractivity (Wildman–Crippen MR) is 118 cm³/mol. The summed E-state index contributed by atoms with van der Waals surface area (Å²) in [6.07, 6.45) is 4.05. The Hall–Kier alpha value is -2.89. The number of aliphatic imine (C=N–C) groups is 1. The van der Waals surface area contributed by atoms with Crippen molar-refractivity contribution >= 4 is 34.8 Å². The minimum Gasteiger partial charge on any atom is -0.402 e. The van der Waals surface area contributed by atoms with Crippen LogP contribution in [0.2, 0.25) is 0 Å². The molecule has 6 heteroatoms. The number of rotatable bonds is 7. The third kappa shape index (κ3) is 4.88. The molecule has 0 aliphatic carbocycles.